The van der Waals surface area contributed by atoms with Gasteiger partial charge in [0.1, 0.15) is 5.82 Å². The van der Waals surface area contributed by atoms with Crippen LogP contribution in [0.3, 0.4) is 0 Å². The van der Waals surface area contributed by atoms with Gasteiger partial charge in [0.2, 0.25) is 0 Å². The summed E-state index contributed by atoms with van der Waals surface area (Å²) in [5.74, 6) is -0.260. The van der Waals surface area contributed by atoms with Crippen LogP contribution in [0.4, 0.5) is 4.39 Å². The zero-order valence-electron chi connectivity index (χ0n) is 7.54. The van der Waals surface area contributed by atoms with Crippen molar-refractivity contribution in [1.82, 2.24) is 9.78 Å². The van der Waals surface area contributed by atoms with Crippen LogP contribution in [-0.2, 0) is 7.05 Å². The van der Waals surface area contributed by atoms with Crippen LogP contribution in [0.5, 0.6) is 0 Å². The molecular formula is C10H8BrFN2. The summed E-state index contributed by atoms with van der Waals surface area (Å²) in [6.45, 7) is 0. The van der Waals surface area contributed by atoms with Crippen LogP contribution in [0.25, 0.3) is 11.3 Å². The largest absolute Gasteiger partial charge is 0.268 e. The molecule has 4 heteroatoms. The molecule has 0 saturated carbocycles. The molecule has 0 atom stereocenters. The lowest BCUT2D eigenvalue weighted by Crippen LogP contribution is -1.93. The summed E-state index contributed by atoms with van der Waals surface area (Å²) in [7, 11) is 1.83. The second-order valence-corrected chi connectivity index (χ2v) is 3.82. The molecule has 0 unspecified atom stereocenters. The van der Waals surface area contributed by atoms with Crippen molar-refractivity contribution in [3.05, 3.63) is 40.8 Å². The van der Waals surface area contributed by atoms with Gasteiger partial charge in [0.25, 0.3) is 0 Å². The number of rotatable bonds is 1. The van der Waals surface area contributed by atoms with Crippen molar-refractivity contribution >= 4 is 15.9 Å². The maximum atomic E-state index is 13.2. The molecular weight excluding hydrogens is 247 g/mol. The van der Waals surface area contributed by atoms with Gasteiger partial charge in [0.15, 0.2) is 0 Å². The topological polar surface area (TPSA) is 17.8 Å². The zero-order chi connectivity index (χ0) is 10.1. The maximum absolute atomic E-state index is 13.2. The van der Waals surface area contributed by atoms with Crippen molar-refractivity contribution in [3.8, 4) is 11.3 Å². The van der Waals surface area contributed by atoms with Gasteiger partial charge < -0.3 is 0 Å². The standard InChI is InChI=1S/C10H8BrFN2/c1-14-10(4-5-13-14)7-2-3-8(11)9(12)6-7/h2-6H,1H3. The Labute approximate surface area is 89.5 Å². The summed E-state index contributed by atoms with van der Waals surface area (Å²) >= 11 is 3.11. The predicted octanol–water partition coefficient (Wildman–Crippen LogP) is 2.99. The first-order chi connectivity index (χ1) is 6.68. The van der Waals surface area contributed by atoms with Gasteiger partial charge in [-0.2, -0.15) is 5.10 Å². The predicted molar refractivity (Wildman–Crippen MR) is 56.3 cm³/mol. The van der Waals surface area contributed by atoms with Gasteiger partial charge in [-0.05, 0) is 34.1 Å². The lowest BCUT2D eigenvalue weighted by atomic mass is 10.1. The van der Waals surface area contributed by atoms with E-state index in [1.807, 2.05) is 19.2 Å². The monoisotopic (exact) mass is 254 g/mol. The third kappa shape index (κ3) is 1.57. The molecule has 0 fully saturated rings. The van der Waals surface area contributed by atoms with Gasteiger partial charge in [0.05, 0.1) is 10.2 Å². The van der Waals surface area contributed by atoms with Crippen molar-refractivity contribution in [3.63, 3.8) is 0 Å². The van der Waals surface area contributed by atoms with E-state index in [0.29, 0.717) is 4.47 Å². The number of aromatic nitrogens is 2. The molecule has 0 bridgehead atoms. The number of hydrogen-bond donors (Lipinski definition) is 0. The van der Waals surface area contributed by atoms with E-state index in [-0.39, 0.29) is 5.82 Å². The fraction of sp³-hybridized carbons (Fsp3) is 0.100. The van der Waals surface area contributed by atoms with Gasteiger partial charge in [-0.1, -0.05) is 6.07 Å². The maximum Gasteiger partial charge on any atom is 0.138 e. The second kappa shape index (κ2) is 3.53. The van der Waals surface area contributed by atoms with Gasteiger partial charge in [-0.3, -0.25) is 4.68 Å². The van der Waals surface area contributed by atoms with Gasteiger partial charge in [0, 0.05) is 18.8 Å². The molecule has 0 radical (unpaired) electrons. The Balaban J connectivity index is 2.53. The smallest absolute Gasteiger partial charge is 0.138 e. The van der Waals surface area contributed by atoms with E-state index in [4.69, 9.17) is 0 Å². The highest BCUT2D eigenvalue weighted by molar-refractivity contribution is 9.10. The first kappa shape index (κ1) is 9.40. The molecule has 0 N–H and O–H groups in total. The van der Waals surface area contributed by atoms with Crippen LogP contribution >= 0.6 is 15.9 Å². The average Bonchev–Trinajstić information content (AvgIpc) is 2.57. The molecule has 1 aromatic heterocycles. The number of halogens is 2. The quantitative estimate of drug-likeness (QED) is 0.765. The van der Waals surface area contributed by atoms with E-state index in [9.17, 15) is 4.39 Å². The highest BCUT2D eigenvalue weighted by Crippen LogP contribution is 2.23. The minimum absolute atomic E-state index is 0.260. The first-order valence-electron chi connectivity index (χ1n) is 4.12. The fourth-order valence-electron chi connectivity index (χ4n) is 1.31. The van der Waals surface area contributed by atoms with Crippen LogP contribution in [0, 0.1) is 5.82 Å². The van der Waals surface area contributed by atoms with Crippen molar-refractivity contribution in [2.75, 3.05) is 0 Å². The third-order valence-corrected chi connectivity index (χ3v) is 2.68. The Morgan fingerprint density at radius 1 is 1.36 bits per heavy atom. The van der Waals surface area contributed by atoms with Crippen molar-refractivity contribution in [2.24, 2.45) is 7.05 Å². The van der Waals surface area contributed by atoms with Crippen LogP contribution < -0.4 is 0 Å². The molecule has 0 saturated heterocycles. The molecule has 0 spiro atoms. The Bertz CT molecular complexity index is 465. The molecule has 0 aliphatic carbocycles. The van der Waals surface area contributed by atoms with E-state index in [1.54, 1.807) is 16.9 Å². The van der Waals surface area contributed by atoms with Crippen molar-refractivity contribution < 1.29 is 4.39 Å². The molecule has 72 valence electrons. The van der Waals surface area contributed by atoms with Crippen molar-refractivity contribution in [2.45, 2.75) is 0 Å². The van der Waals surface area contributed by atoms with Crippen LogP contribution in [0.15, 0.2) is 34.9 Å². The summed E-state index contributed by atoms with van der Waals surface area (Å²) in [6.07, 6.45) is 1.69. The van der Waals surface area contributed by atoms with Crippen LogP contribution in [0.1, 0.15) is 0 Å². The average molecular weight is 255 g/mol. The minimum atomic E-state index is -0.260. The van der Waals surface area contributed by atoms with E-state index in [0.717, 1.165) is 11.3 Å². The van der Waals surface area contributed by atoms with E-state index in [1.165, 1.54) is 6.07 Å². The highest BCUT2D eigenvalue weighted by Gasteiger charge is 2.05. The normalized spacial score (nSPS) is 10.5. The molecule has 0 aliphatic rings. The van der Waals surface area contributed by atoms with Crippen LogP contribution in [-0.4, -0.2) is 9.78 Å². The van der Waals surface area contributed by atoms with Gasteiger partial charge >= 0.3 is 0 Å². The molecule has 1 heterocycles. The summed E-state index contributed by atoms with van der Waals surface area (Å²) < 4.78 is 15.4. The Morgan fingerprint density at radius 2 is 2.14 bits per heavy atom. The Hall–Kier alpha value is -1.16. The molecule has 0 aliphatic heterocycles. The summed E-state index contributed by atoms with van der Waals surface area (Å²) in [4.78, 5) is 0. The molecule has 2 rings (SSSR count). The number of benzene rings is 1. The van der Waals surface area contributed by atoms with E-state index in [2.05, 4.69) is 21.0 Å². The minimum Gasteiger partial charge on any atom is -0.268 e. The lowest BCUT2D eigenvalue weighted by Gasteiger charge is -2.02. The summed E-state index contributed by atoms with van der Waals surface area (Å²) in [5, 5.41) is 4.03. The van der Waals surface area contributed by atoms with Gasteiger partial charge in [-0.25, -0.2) is 4.39 Å². The molecule has 1 aromatic carbocycles. The second-order valence-electron chi connectivity index (χ2n) is 2.97. The summed E-state index contributed by atoms with van der Waals surface area (Å²) in [5.41, 5.74) is 1.72. The molecule has 2 nitrogen and oxygen atoms in total. The molecule has 0 amide bonds. The van der Waals surface area contributed by atoms with Gasteiger partial charge in [-0.15, -0.1) is 0 Å². The fourth-order valence-corrected chi connectivity index (χ4v) is 1.56. The Morgan fingerprint density at radius 3 is 2.71 bits per heavy atom. The number of hydrogen-bond acceptors (Lipinski definition) is 1. The van der Waals surface area contributed by atoms with Crippen LogP contribution in [0.2, 0.25) is 0 Å². The van der Waals surface area contributed by atoms with E-state index >= 15 is 0 Å². The van der Waals surface area contributed by atoms with E-state index < -0.39 is 0 Å². The number of aryl methyl sites for hydroxylation is 1. The molecule has 14 heavy (non-hydrogen) atoms. The summed E-state index contributed by atoms with van der Waals surface area (Å²) in [6, 6.07) is 6.88. The zero-order valence-corrected chi connectivity index (χ0v) is 9.12. The molecule has 2 aromatic rings. The SMILES string of the molecule is Cn1nccc1-c1ccc(Br)c(F)c1. The number of nitrogens with zero attached hydrogens (tertiary/aromatic N) is 2. The van der Waals surface area contributed by atoms with Crippen molar-refractivity contribution in [1.29, 1.82) is 0 Å². The third-order valence-electron chi connectivity index (χ3n) is 2.04. The lowest BCUT2D eigenvalue weighted by molar-refractivity contribution is 0.621. The Kier molecular flexibility index (Phi) is 2.37. The highest BCUT2D eigenvalue weighted by atomic mass is 79.9. The first-order valence-corrected chi connectivity index (χ1v) is 4.91.